The minimum absolute atomic E-state index is 0.174. The van der Waals surface area contributed by atoms with Crippen LogP contribution in [0.2, 0.25) is 0 Å². The maximum atomic E-state index is 6.02. The molecular formula is C13H27N3. The Morgan fingerprint density at radius 2 is 2.00 bits per heavy atom. The van der Waals surface area contributed by atoms with Crippen molar-refractivity contribution in [3.8, 4) is 0 Å². The summed E-state index contributed by atoms with van der Waals surface area (Å²) in [5, 5.41) is 0. The number of hydrogen-bond donors (Lipinski definition) is 1. The van der Waals surface area contributed by atoms with Gasteiger partial charge in [0.25, 0.3) is 0 Å². The minimum atomic E-state index is 0.174. The van der Waals surface area contributed by atoms with E-state index in [0.29, 0.717) is 6.04 Å². The molecule has 94 valence electrons. The Bertz CT molecular complexity index is 260. The predicted molar refractivity (Wildman–Crippen MR) is 70.6 cm³/mol. The topological polar surface area (TPSA) is 41.6 Å². The molecule has 3 heteroatoms. The molecule has 0 aromatic heterocycles. The van der Waals surface area contributed by atoms with Gasteiger partial charge >= 0.3 is 0 Å². The largest absolute Gasteiger partial charge is 0.370 e. The lowest BCUT2D eigenvalue weighted by molar-refractivity contribution is 0.126. The van der Waals surface area contributed by atoms with Crippen LogP contribution in [-0.2, 0) is 0 Å². The summed E-state index contributed by atoms with van der Waals surface area (Å²) in [6, 6.07) is 0.440. The minimum Gasteiger partial charge on any atom is -0.370 e. The van der Waals surface area contributed by atoms with Crippen molar-refractivity contribution in [2.75, 3.05) is 6.54 Å². The first-order valence-electron chi connectivity index (χ1n) is 6.56. The molecule has 1 heterocycles. The summed E-state index contributed by atoms with van der Waals surface area (Å²) >= 11 is 0. The number of nitrogens with zero attached hydrogens (tertiary/aromatic N) is 2. The van der Waals surface area contributed by atoms with Crippen LogP contribution in [0.1, 0.15) is 53.9 Å². The van der Waals surface area contributed by atoms with Crippen molar-refractivity contribution in [3.63, 3.8) is 0 Å². The highest BCUT2D eigenvalue weighted by Crippen LogP contribution is 2.34. The summed E-state index contributed by atoms with van der Waals surface area (Å²) in [7, 11) is 0. The average Bonchev–Trinajstić information content (AvgIpc) is 2.56. The van der Waals surface area contributed by atoms with Crippen molar-refractivity contribution in [2.24, 2.45) is 16.6 Å². The summed E-state index contributed by atoms with van der Waals surface area (Å²) < 4.78 is 0. The van der Waals surface area contributed by atoms with E-state index >= 15 is 0 Å². The second-order valence-corrected chi connectivity index (χ2v) is 5.43. The summed E-state index contributed by atoms with van der Waals surface area (Å²) in [6.45, 7) is 12.1. The molecule has 0 fully saturated rings. The van der Waals surface area contributed by atoms with Gasteiger partial charge in [0.2, 0.25) is 0 Å². The maximum absolute atomic E-state index is 6.02. The van der Waals surface area contributed by atoms with E-state index in [4.69, 9.17) is 5.73 Å². The van der Waals surface area contributed by atoms with Gasteiger partial charge in [0.05, 0.1) is 12.1 Å². The first-order chi connectivity index (χ1) is 7.46. The third kappa shape index (κ3) is 2.33. The van der Waals surface area contributed by atoms with Crippen molar-refractivity contribution in [3.05, 3.63) is 0 Å². The fourth-order valence-corrected chi connectivity index (χ4v) is 2.82. The van der Waals surface area contributed by atoms with Crippen LogP contribution in [0, 0.1) is 5.92 Å². The smallest absolute Gasteiger partial charge is 0.192 e. The zero-order valence-electron chi connectivity index (χ0n) is 11.5. The maximum Gasteiger partial charge on any atom is 0.192 e. The molecule has 1 rings (SSSR count). The molecule has 16 heavy (non-hydrogen) atoms. The van der Waals surface area contributed by atoms with Gasteiger partial charge in [-0.1, -0.05) is 27.2 Å². The summed E-state index contributed by atoms with van der Waals surface area (Å²) in [5.41, 5.74) is 6.20. The monoisotopic (exact) mass is 225 g/mol. The Labute approximate surface area is 100 Å². The molecule has 0 aliphatic carbocycles. The van der Waals surface area contributed by atoms with E-state index in [1.807, 2.05) is 0 Å². The molecule has 0 radical (unpaired) electrons. The number of hydrogen-bond acceptors (Lipinski definition) is 3. The van der Waals surface area contributed by atoms with Gasteiger partial charge in [-0.15, -0.1) is 0 Å². The molecule has 1 aliphatic heterocycles. The molecular weight excluding hydrogens is 198 g/mol. The van der Waals surface area contributed by atoms with Crippen LogP contribution in [0.3, 0.4) is 0 Å². The van der Waals surface area contributed by atoms with E-state index in [2.05, 4.69) is 44.5 Å². The third-order valence-corrected chi connectivity index (χ3v) is 3.89. The Hall–Kier alpha value is -0.730. The molecule has 0 bridgehead atoms. The normalized spacial score (nSPS) is 27.4. The van der Waals surface area contributed by atoms with Gasteiger partial charge in [0, 0.05) is 6.04 Å². The highest BCUT2D eigenvalue weighted by atomic mass is 15.4. The van der Waals surface area contributed by atoms with Crippen molar-refractivity contribution in [2.45, 2.75) is 65.5 Å². The lowest BCUT2D eigenvalue weighted by atomic mass is 9.83. The quantitative estimate of drug-likeness (QED) is 0.781. The first-order valence-corrected chi connectivity index (χ1v) is 6.56. The zero-order chi connectivity index (χ0) is 12.3. The van der Waals surface area contributed by atoms with Gasteiger partial charge in [-0.2, -0.15) is 0 Å². The van der Waals surface area contributed by atoms with Gasteiger partial charge in [0.1, 0.15) is 0 Å². The highest BCUT2D eigenvalue weighted by Gasteiger charge is 2.42. The molecule has 0 saturated carbocycles. The van der Waals surface area contributed by atoms with Gasteiger partial charge in [-0.3, -0.25) is 4.99 Å². The van der Waals surface area contributed by atoms with E-state index in [0.717, 1.165) is 24.8 Å². The van der Waals surface area contributed by atoms with Gasteiger partial charge in [-0.05, 0) is 32.6 Å². The molecule has 2 unspecified atom stereocenters. The van der Waals surface area contributed by atoms with Crippen molar-refractivity contribution < 1.29 is 0 Å². The summed E-state index contributed by atoms with van der Waals surface area (Å²) in [5.74, 6) is 1.47. The Morgan fingerprint density at radius 3 is 2.44 bits per heavy atom. The number of nitrogens with two attached hydrogens (primary N) is 1. The molecule has 0 spiro atoms. The van der Waals surface area contributed by atoms with Gasteiger partial charge in [0.15, 0.2) is 5.96 Å². The Balaban J connectivity index is 2.87. The summed E-state index contributed by atoms with van der Waals surface area (Å²) in [6.07, 6.45) is 3.55. The van der Waals surface area contributed by atoms with Crippen LogP contribution in [0.15, 0.2) is 4.99 Å². The number of aliphatic imine (C=N–C) groups is 1. The SMILES string of the molecule is CCC(C)CC1(CC)CN=C(N)N1C(C)C. The summed E-state index contributed by atoms with van der Waals surface area (Å²) in [4.78, 5) is 6.80. The first kappa shape index (κ1) is 13.3. The second-order valence-electron chi connectivity index (χ2n) is 5.43. The van der Waals surface area contributed by atoms with E-state index in [1.54, 1.807) is 0 Å². The molecule has 2 atom stereocenters. The molecule has 2 N–H and O–H groups in total. The van der Waals surface area contributed by atoms with Gasteiger partial charge < -0.3 is 10.6 Å². The molecule has 0 aromatic rings. The number of rotatable bonds is 5. The van der Waals surface area contributed by atoms with Crippen LogP contribution < -0.4 is 5.73 Å². The van der Waals surface area contributed by atoms with Crippen LogP contribution in [0.5, 0.6) is 0 Å². The lowest BCUT2D eigenvalue weighted by Gasteiger charge is -2.43. The predicted octanol–water partition coefficient (Wildman–Crippen LogP) is 2.61. The fraction of sp³-hybridized carbons (Fsp3) is 0.923. The van der Waals surface area contributed by atoms with E-state index in [-0.39, 0.29) is 5.54 Å². The van der Waals surface area contributed by atoms with Crippen molar-refractivity contribution in [1.29, 1.82) is 0 Å². The third-order valence-electron chi connectivity index (χ3n) is 3.89. The van der Waals surface area contributed by atoms with Crippen LogP contribution in [0.4, 0.5) is 0 Å². The highest BCUT2D eigenvalue weighted by molar-refractivity contribution is 5.81. The van der Waals surface area contributed by atoms with E-state index in [1.165, 1.54) is 12.8 Å². The molecule has 1 aliphatic rings. The Morgan fingerprint density at radius 1 is 1.38 bits per heavy atom. The standard InChI is InChI=1S/C13H27N3/c1-6-11(5)8-13(7-2)9-15-12(14)16(13)10(3)4/h10-11H,6-9H2,1-5H3,(H2,14,15). The van der Waals surface area contributed by atoms with Crippen LogP contribution in [0.25, 0.3) is 0 Å². The fourth-order valence-electron chi connectivity index (χ4n) is 2.82. The molecule has 0 saturated heterocycles. The molecule has 0 amide bonds. The Kier molecular flexibility index (Phi) is 4.22. The number of guanidine groups is 1. The molecule has 3 nitrogen and oxygen atoms in total. The van der Waals surface area contributed by atoms with Gasteiger partial charge in [-0.25, -0.2) is 0 Å². The van der Waals surface area contributed by atoms with Crippen molar-refractivity contribution in [1.82, 2.24) is 4.90 Å². The lowest BCUT2D eigenvalue weighted by Crippen LogP contribution is -2.55. The zero-order valence-corrected chi connectivity index (χ0v) is 11.5. The molecule has 0 aromatic carbocycles. The average molecular weight is 225 g/mol. The second kappa shape index (κ2) is 5.07. The van der Waals surface area contributed by atoms with Crippen molar-refractivity contribution >= 4 is 5.96 Å². The van der Waals surface area contributed by atoms with Crippen LogP contribution in [-0.4, -0.2) is 29.0 Å². The van der Waals surface area contributed by atoms with Crippen LogP contribution >= 0.6 is 0 Å². The van der Waals surface area contributed by atoms with E-state index < -0.39 is 0 Å². The van der Waals surface area contributed by atoms with E-state index in [9.17, 15) is 0 Å².